The fourth-order valence-corrected chi connectivity index (χ4v) is 17.1. The Balaban J connectivity index is 1.09. The average Bonchev–Trinajstić information content (AvgIpc) is 3.92. The number of benzene rings is 10. The largest absolute Gasteiger partial charge is 0.311 e. The number of fused-ring (bicyclic) bond motifs is 10. The molecule has 0 bridgehead atoms. The van der Waals surface area contributed by atoms with Crippen molar-refractivity contribution in [1.82, 2.24) is 9.13 Å². The molecular formula is C68H56BN3Si. The summed E-state index contributed by atoms with van der Waals surface area (Å²) in [5.41, 5.74) is 24.2. The Morgan fingerprint density at radius 1 is 0.411 bits per heavy atom. The Bertz CT molecular complexity index is 4160. The van der Waals surface area contributed by atoms with Gasteiger partial charge in [-0.25, -0.2) is 0 Å². The third-order valence-corrected chi connectivity index (χ3v) is 20.3. The summed E-state index contributed by atoms with van der Waals surface area (Å²) < 4.78 is 5.06. The molecule has 2 aromatic heterocycles. The van der Waals surface area contributed by atoms with Gasteiger partial charge in [-0.2, -0.15) is 0 Å². The van der Waals surface area contributed by atoms with E-state index in [1.807, 2.05) is 0 Å². The summed E-state index contributed by atoms with van der Waals surface area (Å²) >= 11 is 0. The Morgan fingerprint density at radius 2 is 0.904 bits per heavy atom. The first-order chi connectivity index (χ1) is 35.5. The van der Waals surface area contributed by atoms with Crippen molar-refractivity contribution in [2.45, 2.75) is 53.1 Å². The summed E-state index contributed by atoms with van der Waals surface area (Å²) in [4.78, 5) is 2.70. The molecule has 4 heterocycles. The second kappa shape index (κ2) is 15.9. The van der Waals surface area contributed by atoms with Crippen molar-refractivity contribution in [3.8, 4) is 33.6 Å². The zero-order valence-corrected chi connectivity index (χ0v) is 43.6. The summed E-state index contributed by atoms with van der Waals surface area (Å²) in [7, 11) is -2.47. The first-order valence-corrected chi connectivity index (χ1v) is 29.0. The lowest BCUT2D eigenvalue weighted by Gasteiger charge is -2.47. The van der Waals surface area contributed by atoms with Gasteiger partial charge in [0.1, 0.15) is 8.07 Å². The number of hydrogen-bond acceptors (Lipinski definition) is 1. The first kappa shape index (κ1) is 43.7. The highest BCUT2D eigenvalue weighted by Gasteiger charge is 2.49. The summed E-state index contributed by atoms with van der Waals surface area (Å²) in [5, 5.41) is 8.21. The van der Waals surface area contributed by atoms with Crippen LogP contribution in [0, 0.1) is 13.8 Å². The van der Waals surface area contributed by atoms with Gasteiger partial charge in [-0.15, -0.1) is 0 Å². The Labute approximate surface area is 429 Å². The number of para-hydroxylation sites is 5. The van der Waals surface area contributed by atoms with Gasteiger partial charge in [0.15, 0.2) is 0 Å². The van der Waals surface area contributed by atoms with E-state index in [1.54, 1.807) is 10.4 Å². The van der Waals surface area contributed by atoms with E-state index in [2.05, 4.69) is 274 Å². The molecule has 0 saturated heterocycles. The molecule has 0 unspecified atom stereocenters. The van der Waals surface area contributed by atoms with Gasteiger partial charge < -0.3 is 14.0 Å². The van der Waals surface area contributed by atoms with Gasteiger partial charge in [-0.1, -0.05) is 207 Å². The molecule has 5 heteroatoms. The highest BCUT2D eigenvalue weighted by molar-refractivity contribution is 7.15. The van der Waals surface area contributed by atoms with Gasteiger partial charge in [0.2, 0.25) is 6.71 Å². The van der Waals surface area contributed by atoms with E-state index < -0.39 is 8.07 Å². The average molecular weight is 954 g/mol. The van der Waals surface area contributed by atoms with Gasteiger partial charge in [0.05, 0.1) is 33.4 Å². The van der Waals surface area contributed by atoms with E-state index in [0.717, 1.165) is 0 Å². The molecule has 10 aromatic carbocycles. The number of anilines is 3. The van der Waals surface area contributed by atoms with Crippen LogP contribution in [0.4, 0.5) is 17.1 Å². The predicted octanol–water partition coefficient (Wildman–Crippen LogP) is 14.6. The fraction of sp³-hybridized carbons (Fsp3) is 0.118. The number of aromatic nitrogens is 2. The maximum atomic E-state index is 2.70. The minimum atomic E-state index is -2.47. The van der Waals surface area contributed by atoms with E-state index in [9.17, 15) is 0 Å². The first-order valence-electron chi connectivity index (χ1n) is 26.0. The maximum absolute atomic E-state index is 2.70. The standard InChI is InChI=1S/C68H56BN3Si/c1-43-56(70-59-32-17-12-27-50(59)51-28-13-18-33-60(51)70)38-36-54-66(43)72(58-31-16-11-26-49(58)47-25-21-24-46(40-47)45-22-9-8-10-23-45)63-41-48(68(3,4)5)42-64-65(63)69(54)55-37-39-57(44(2)67(55)73(64,6)7)71-61-34-19-14-29-52(61)53-30-15-20-35-62(53)71/h8-42H,1-7H3. The van der Waals surface area contributed by atoms with E-state index in [0.29, 0.717) is 0 Å². The minimum absolute atomic E-state index is 0.0196. The molecule has 0 saturated carbocycles. The van der Waals surface area contributed by atoms with Gasteiger partial charge in [0.25, 0.3) is 0 Å². The lowest BCUT2D eigenvalue weighted by Crippen LogP contribution is -2.78. The molecule has 0 radical (unpaired) electrons. The molecule has 350 valence electrons. The third-order valence-electron chi connectivity index (χ3n) is 16.7. The van der Waals surface area contributed by atoms with Gasteiger partial charge in [0, 0.05) is 44.2 Å². The van der Waals surface area contributed by atoms with Crippen LogP contribution in [0.1, 0.15) is 37.5 Å². The van der Waals surface area contributed by atoms with Crippen molar-refractivity contribution < 1.29 is 0 Å². The van der Waals surface area contributed by atoms with Crippen molar-refractivity contribution in [1.29, 1.82) is 0 Å². The van der Waals surface area contributed by atoms with Crippen LogP contribution in [-0.2, 0) is 5.41 Å². The molecule has 73 heavy (non-hydrogen) atoms. The lowest BCUT2D eigenvalue weighted by atomic mass is 9.34. The van der Waals surface area contributed by atoms with Crippen LogP contribution < -0.4 is 31.7 Å². The molecule has 0 amide bonds. The fourth-order valence-electron chi connectivity index (χ4n) is 13.4. The van der Waals surface area contributed by atoms with Crippen LogP contribution in [0.2, 0.25) is 13.1 Å². The summed E-state index contributed by atoms with van der Waals surface area (Å²) in [5.74, 6) is 0. The van der Waals surface area contributed by atoms with Gasteiger partial charge >= 0.3 is 0 Å². The highest BCUT2D eigenvalue weighted by atomic mass is 28.3. The van der Waals surface area contributed by atoms with Gasteiger partial charge in [-0.05, 0) is 118 Å². The van der Waals surface area contributed by atoms with Crippen molar-refractivity contribution in [2.24, 2.45) is 0 Å². The van der Waals surface area contributed by atoms with Crippen LogP contribution in [0.25, 0.3) is 77.2 Å². The van der Waals surface area contributed by atoms with Crippen LogP contribution in [0.15, 0.2) is 212 Å². The van der Waals surface area contributed by atoms with Crippen molar-refractivity contribution in [2.75, 3.05) is 4.90 Å². The Kier molecular flexibility index (Phi) is 9.53. The SMILES string of the molecule is Cc1c(-n2c3ccccc3c3ccccc32)ccc2c1N(c1ccccc1-c1cccc(-c3ccccc3)c1)c1cc(C(C)(C)C)cc3c1B2c1ccc(-n2c4ccccc4c4ccccc42)c(C)c1[Si]3(C)C. The minimum Gasteiger partial charge on any atom is -0.311 e. The Morgan fingerprint density at radius 3 is 1.49 bits per heavy atom. The second-order valence-corrected chi connectivity index (χ2v) is 26.4. The molecule has 0 atom stereocenters. The Hall–Kier alpha value is -8.12. The van der Waals surface area contributed by atoms with Crippen LogP contribution in [0.3, 0.4) is 0 Å². The van der Waals surface area contributed by atoms with E-state index in [4.69, 9.17) is 0 Å². The molecule has 14 rings (SSSR count). The molecule has 2 aliphatic heterocycles. The molecule has 0 spiro atoms. The van der Waals surface area contributed by atoms with Crippen molar-refractivity contribution in [3.63, 3.8) is 0 Å². The lowest BCUT2D eigenvalue weighted by molar-refractivity contribution is 0.591. The quantitative estimate of drug-likeness (QED) is 0.157. The molecule has 3 nitrogen and oxygen atoms in total. The predicted molar refractivity (Wildman–Crippen MR) is 317 cm³/mol. The molecule has 12 aromatic rings. The number of rotatable bonds is 5. The molecule has 2 aliphatic rings. The molecular weight excluding hydrogens is 898 g/mol. The second-order valence-electron chi connectivity index (χ2n) is 22.1. The van der Waals surface area contributed by atoms with E-state index >= 15 is 0 Å². The smallest absolute Gasteiger partial charge is 0.246 e. The molecule has 0 N–H and O–H groups in total. The monoisotopic (exact) mass is 953 g/mol. The molecule has 0 fully saturated rings. The maximum Gasteiger partial charge on any atom is 0.246 e. The van der Waals surface area contributed by atoms with Crippen LogP contribution in [0.5, 0.6) is 0 Å². The van der Waals surface area contributed by atoms with Crippen LogP contribution >= 0.6 is 0 Å². The van der Waals surface area contributed by atoms with Gasteiger partial charge in [-0.3, -0.25) is 0 Å². The topological polar surface area (TPSA) is 13.1 Å². The zero-order valence-electron chi connectivity index (χ0n) is 42.6. The summed E-state index contributed by atoms with van der Waals surface area (Å²) in [6.07, 6.45) is 0. The number of hydrogen-bond donors (Lipinski definition) is 0. The van der Waals surface area contributed by atoms with E-state index in [-0.39, 0.29) is 12.1 Å². The third kappa shape index (κ3) is 6.31. The summed E-state index contributed by atoms with van der Waals surface area (Å²) in [6.45, 7) is 17.3. The van der Waals surface area contributed by atoms with Crippen molar-refractivity contribution in [3.05, 3.63) is 229 Å². The molecule has 0 aliphatic carbocycles. The normalized spacial score (nSPS) is 13.7. The highest BCUT2D eigenvalue weighted by Crippen LogP contribution is 2.47. The van der Waals surface area contributed by atoms with Crippen molar-refractivity contribution >= 4 is 102 Å². The van der Waals surface area contributed by atoms with E-state index in [1.165, 1.54) is 127 Å². The summed E-state index contributed by atoms with van der Waals surface area (Å²) in [6, 6.07) is 80.0. The number of nitrogens with zero attached hydrogens (tertiary/aromatic N) is 3. The zero-order chi connectivity index (χ0) is 49.5. The van der Waals surface area contributed by atoms with Crippen LogP contribution in [-0.4, -0.2) is 23.9 Å².